The van der Waals surface area contributed by atoms with Crippen molar-refractivity contribution in [1.29, 1.82) is 5.26 Å². The van der Waals surface area contributed by atoms with E-state index in [0.29, 0.717) is 11.3 Å². The van der Waals surface area contributed by atoms with Gasteiger partial charge in [0.2, 0.25) is 0 Å². The number of halogens is 1. The van der Waals surface area contributed by atoms with E-state index < -0.39 is 17.8 Å². The van der Waals surface area contributed by atoms with Crippen molar-refractivity contribution in [2.75, 3.05) is 5.75 Å². The number of carboxylic acid groups (broad SMARTS) is 1. The lowest BCUT2D eigenvalue weighted by molar-refractivity contribution is -0.137. The third-order valence-corrected chi connectivity index (χ3v) is 3.18. The van der Waals surface area contributed by atoms with Crippen molar-refractivity contribution in [3.8, 4) is 6.07 Å². The maximum absolute atomic E-state index is 13.6. The van der Waals surface area contributed by atoms with E-state index >= 15 is 0 Å². The number of hydrogen-bond acceptors (Lipinski definition) is 4. The molecular weight excluding hydrogens is 243 g/mol. The van der Waals surface area contributed by atoms with Crippen molar-refractivity contribution in [2.45, 2.75) is 11.8 Å². The van der Waals surface area contributed by atoms with E-state index in [1.54, 1.807) is 18.2 Å². The van der Waals surface area contributed by atoms with Crippen molar-refractivity contribution in [3.05, 3.63) is 35.1 Å². The third-order valence-electron chi connectivity index (χ3n) is 2.07. The fourth-order valence-electron chi connectivity index (χ4n) is 1.14. The fraction of sp³-hybridized carbons (Fsp3) is 0.273. The maximum atomic E-state index is 13.6. The Morgan fingerprint density at radius 2 is 2.35 bits per heavy atom. The highest BCUT2D eigenvalue weighted by atomic mass is 32.2. The van der Waals surface area contributed by atoms with Crippen LogP contribution in [0.2, 0.25) is 0 Å². The molecule has 1 aromatic rings. The monoisotopic (exact) mass is 254 g/mol. The highest BCUT2D eigenvalue weighted by molar-refractivity contribution is 7.98. The SMILES string of the molecule is N#Cc1cccc(CSCC(N)C(=O)O)c1F. The van der Waals surface area contributed by atoms with Crippen molar-refractivity contribution >= 4 is 17.7 Å². The van der Waals surface area contributed by atoms with Crippen molar-refractivity contribution < 1.29 is 14.3 Å². The Morgan fingerprint density at radius 3 is 2.94 bits per heavy atom. The second-order valence-corrected chi connectivity index (χ2v) is 4.38. The zero-order valence-corrected chi connectivity index (χ0v) is 9.71. The molecule has 3 N–H and O–H groups in total. The number of carboxylic acids is 1. The molecule has 1 aromatic carbocycles. The van der Waals surface area contributed by atoms with Crippen LogP contribution in [0.1, 0.15) is 11.1 Å². The van der Waals surface area contributed by atoms with Gasteiger partial charge in [-0.15, -0.1) is 0 Å². The third kappa shape index (κ3) is 3.73. The van der Waals surface area contributed by atoms with Crippen LogP contribution < -0.4 is 5.73 Å². The van der Waals surface area contributed by atoms with Crippen LogP contribution in [0, 0.1) is 17.1 Å². The summed E-state index contributed by atoms with van der Waals surface area (Å²) in [5.74, 6) is -1.14. The first-order valence-electron chi connectivity index (χ1n) is 4.80. The van der Waals surface area contributed by atoms with Crippen molar-refractivity contribution in [3.63, 3.8) is 0 Å². The normalized spacial score (nSPS) is 11.8. The summed E-state index contributed by atoms with van der Waals surface area (Å²) in [5.41, 5.74) is 5.68. The van der Waals surface area contributed by atoms with E-state index in [9.17, 15) is 9.18 Å². The van der Waals surface area contributed by atoms with Crippen LogP contribution in [0.15, 0.2) is 18.2 Å². The molecule has 0 bridgehead atoms. The maximum Gasteiger partial charge on any atom is 0.321 e. The summed E-state index contributed by atoms with van der Waals surface area (Å²) >= 11 is 1.22. The number of nitrogens with zero attached hydrogens (tertiary/aromatic N) is 1. The van der Waals surface area contributed by atoms with E-state index in [-0.39, 0.29) is 11.3 Å². The van der Waals surface area contributed by atoms with Gasteiger partial charge in [0.15, 0.2) is 0 Å². The molecule has 0 aliphatic heterocycles. The van der Waals surface area contributed by atoms with Gasteiger partial charge in [0.1, 0.15) is 17.9 Å². The van der Waals surface area contributed by atoms with Gasteiger partial charge in [-0.3, -0.25) is 4.79 Å². The molecule has 1 rings (SSSR count). The zero-order valence-electron chi connectivity index (χ0n) is 8.89. The highest BCUT2D eigenvalue weighted by Gasteiger charge is 2.12. The van der Waals surface area contributed by atoms with E-state index in [0.717, 1.165) is 0 Å². The molecule has 1 unspecified atom stereocenters. The minimum atomic E-state index is -1.08. The van der Waals surface area contributed by atoms with E-state index in [1.165, 1.54) is 17.8 Å². The first-order valence-corrected chi connectivity index (χ1v) is 5.95. The molecule has 0 heterocycles. The minimum Gasteiger partial charge on any atom is -0.480 e. The molecule has 4 nitrogen and oxygen atoms in total. The highest BCUT2D eigenvalue weighted by Crippen LogP contribution is 2.18. The van der Waals surface area contributed by atoms with Crippen LogP contribution in [0.5, 0.6) is 0 Å². The van der Waals surface area contributed by atoms with Gasteiger partial charge in [-0.2, -0.15) is 17.0 Å². The summed E-state index contributed by atoms with van der Waals surface area (Å²) in [6, 6.07) is 5.35. The van der Waals surface area contributed by atoms with E-state index in [4.69, 9.17) is 16.1 Å². The summed E-state index contributed by atoms with van der Waals surface area (Å²) in [4.78, 5) is 10.5. The molecule has 17 heavy (non-hydrogen) atoms. The number of aliphatic carboxylic acids is 1. The van der Waals surface area contributed by atoms with Crippen LogP contribution in [-0.2, 0) is 10.5 Å². The lowest BCUT2D eigenvalue weighted by Crippen LogP contribution is -2.32. The van der Waals surface area contributed by atoms with Gasteiger partial charge >= 0.3 is 5.97 Å². The average molecular weight is 254 g/mol. The molecule has 0 fully saturated rings. The van der Waals surface area contributed by atoms with Gasteiger partial charge in [0.05, 0.1) is 5.56 Å². The van der Waals surface area contributed by atoms with Crippen LogP contribution in [0.3, 0.4) is 0 Å². The number of benzene rings is 1. The molecule has 90 valence electrons. The van der Waals surface area contributed by atoms with Gasteiger partial charge in [-0.05, 0) is 11.6 Å². The lowest BCUT2D eigenvalue weighted by Gasteiger charge is -2.07. The predicted molar refractivity (Wildman–Crippen MR) is 62.9 cm³/mol. The van der Waals surface area contributed by atoms with Crippen LogP contribution >= 0.6 is 11.8 Å². The minimum absolute atomic E-state index is 0.00867. The Kier molecular flexibility index (Phi) is 4.94. The number of rotatable bonds is 5. The van der Waals surface area contributed by atoms with Crippen LogP contribution in [0.25, 0.3) is 0 Å². The lowest BCUT2D eigenvalue weighted by atomic mass is 10.1. The van der Waals surface area contributed by atoms with Crippen LogP contribution in [0.4, 0.5) is 4.39 Å². The summed E-state index contributed by atoms with van der Waals surface area (Å²) in [6.45, 7) is 0. The molecule has 0 radical (unpaired) electrons. The standard InChI is InChI=1S/C11H11FN2O2S/c12-10-7(4-13)2-1-3-8(10)5-17-6-9(14)11(15)16/h1-3,9H,5-6,14H2,(H,15,16). The number of nitrogens with two attached hydrogens (primary N) is 1. The van der Waals surface area contributed by atoms with Crippen molar-refractivity contribution in [2.24, 2.45) is 5.73 Å². The Morgan fingerprint density at radius 1 is 1.65 bits per heavy atom. The quantitative estimate of drug-likeness (QED) is 0.828. The van der Waals surface area contributed by atoms with E-state index in [1.807, 2.05) is 0 Å². The number of nitriles is 1. The van der Waals surface area contributed by atoms with Crippen molar-refractivity contribution in [1.82, 2.24) is 0 Å². The molecule has 0 amide bonds. The summed E-state index contributed by atoms with van der Waals surface area (Å²) in [6.07, 6.45) is 0. The Hall–Kier alpha value is -1.58. The van der Waals surface area contributed by atoms with Crippen LogP contribution in [-0.4, -0.2) is 22.9 Å². The first kappa shape index (κ1) is 13.5. The Bertz CT molecular complexity index is 459. The molecule has 0 aliphatic carbocycles. The molecule has 0 saturated heterocycles. The Labute approximate surface area is 102 Å². The van der Waals surface area contributed by atoms with Gasteiger partial charge in [0.25, 0.3) is 0 Å². The molecule has 0 aromatic heterocycles. The zero-order chi connectivity index (χ0) is 12.8. The van der Waals surface area contributed by atoms with Gasteiger partial charge in [0, 0.05) is 11.5 Å². The number of thioether (sulfide) groups is 1. The molecule has 0 aliphatic rings. The molecular formula is C11H11FN2O2S. The first-order chi connectivity index (χ1) is 8.06. The topological polar surface area (TPSA) is 87.1 Å². The number of carbonyl (C=O) groups is 1. The summed E-state index contributed by atoms with van der Waals surface area (Å²) in [7, 11) is 0. The smallest absolute Gasteiger partial charge is 0.321 e. The molecule has 6 heteroatoms. The second kappa shape index (κ2) is 6.23. The summed E-state index contributed by atoms with van der Waals surface area (Å²) < 4.78 is 13.6. The van der Waals surface area contributed by atoms with Gasteiger partial charge in [-0.1, -0.05) is 12.1 Å². The second-order valence-electron chi connectivity index (χ2n) is 3.35. The Balaban J connectivity index is 2.59. The summed E-state index contributed by atoms with van der Waals surface area (Å²) in [5, 5.41) is 17.2. The van der Waals surface area contributed by atoms with Gasteiger partial charge < -0.3 is 10.8 Å². The molecule has 1 atom stereocenters. The molecule has 0 spiro atoms. The fourth-order valence-corrected chi connectivity index (χ4v) is 2.10. The number of hydrogen-bond donors (Lipinski definition) is 2. The molecule has 0 saturated carbocycles. The van der Waals surface area contributed by atoms with Gasteiger partial charge in [-0.25, -0.2) is 4.39 Å². The average Bonchev–Trinajstić information content (AvgIpc) is 2.31. The largest absolute Gasteiger partial charge is 0.480 e. The predicted octanol–water partition coefficient (Wildman–Crippen LogP) is 1.34. The van der Waals surface area contributed by atoms with E-state index in [2.05, 4.69) is 0 Å².